The first-order valence-electron chi connectivity index (χ1n) is 5.93. The molecule has 1 aromatic heterocycles. The zero-order valence-electron chi connectivity index (χ0n) is 10.6. The van der Waals surface area contributed by atoms with E-state index in [2.05, 4.69) is 26.5 Å². The van der Waals surface area contributed by atoms with E-state index in [1.807, 2.05) is 0 Å². The molecule has 0 saturated carbocycles. The van der Waals surface area contributed by atoms with Crippen molar-refractivity contribution in [2.75, 3.05) is 5.75 Å². The third kappa shape index (κ3) is 3.13. The number of nitro groups is 1. The number of hydrogen-bond acceptors (Lipinski definition) is 4. The molecule has 0 unspecified atom stereocenters. The minimum Gasteiger partial charge on any atom is -0.347 e. The molecule has 0 amide bonds. The van der Waals surface area contributed by atoms with Gasteiger partial charge in [-0.1, -0.05) is 13.8 Å². The number of hydrogen-bond donors (Lipinski definition) is 1. The van der Waals surface area contributed by atoms with Crippen LogP contribution in [-0.4, -0.2) is 15.2 Å². The normalized spacial score (nSPS) is 11.5. The molecule has 0 saturated heterocycles. The summed E-state index contributed by atoms with van der Waals surface area (Å²) in [6.07, 6.45) is 4.78. The van der Waals surface area contributed by atoms with Crippen LogP contribution in [0.25, 0.3) is 0 Å². The van der Waals surface area contributed by atoms with Crippen LogP contribution in [0.15, 0.2) is 23.3 Å². The number of rotatable bonds is 6. The van der Waals surface area contributed by atoms with E-state index in [0.717, 1.165) is 12.8 Å². The highest BCUT2D eigenvalue weighted by molar-refractivity contribution is 7.80. The Morgan fingerprint density at radius 1 is 1.44 bits per heavy atom. The van der Waals surface area contributed by atoms with E-state index >= 15 is 0 Å². The molecule has 1 heterocycles. The fourth-order valence-electron chi connectivity index (χ4n) is 1.88. The maximum absolute atomic E-state index is 11.3. The summed E-state index contributed by atoms with van der Waals surface area (Å²) in [6, 6.07) is 1.24. The fraction of sp³-hybridized carbons (Fsp3) is 0.583. The van der Waals surface area contributed by atoms with Crippen LogP contribution in [0.2, 0.25) is 0 Å². The van der Waals surface area contributed by atoms with E-state index in [1.54, 1.807) is 10.8 Å². The van der Waals surface area contributed by atoms with E-state index in [1.165, 1.54) is 12.3 Å². The highest BCUT2D eigenvalue weighted by Crippen LogP contribution is 2.30. The molecular formula is C12H18N2O3S. The van der Waals surface area contributed by atoms with E-state index < -0.39 is 10.4 Å². The molecule has 0 radical (unpaired) electrons. The van der Waals surface area contributed by atoms with Crippen molar-refractivity contribution in [1.82, 2.24) is 4.57 Å². The van der Waals surface area contributed by atoms with Gasteiger partial charge in [-0.25, -0.2) is 0 Å². The molecule has 0 bridgehead atoms. The van der Waals surface area contributed by atoms with Crippen LogP contribution in [0.3, 0.4) is 0 Å². The van der Waals surface area contributed by atoms with Gasteiger partial charge in [0.05, 0.1) is 11.1 Å². The van der Waals surface area contributed by atoms with Crippen LogP contribution in [-0.2, 0) is 6.54 Å². The van der Waals surface area contributed by atoms with Gasteiger partial charge in [-0.05, 0) is 24.0 Å². The van der Waals surface area contributed by atoms with Crippen molar-refractivity contribution in [3.05, 3.63) is 38.8 Å². The van der Waals surface area contributed by atoms with Gasteiger partial charge in [0, 0.05) is 18.8 Å². The predicted molar refractivity (Wildman–Crippen MR) is 74.2 cm³/mol. The smallest absolute Gasteiger partial charge is 0.332 e. The molecule has 0 atom stereocenters. The summed E-state index contributed by atoms with van der Waals surface area (Å²) in [4.78, 5) is 21.4. The number of pyridine rings is 1. The monoisotopic (exact) mass is 270 g/mol. The second-order valence-corrected chi connectivity index (χ2v) is 4.81. The standard InChI is InChI=1S/C12H18N2O3S/c1-3-12(4-2,9-18)8-13-6-5-11(15)10(7-13)14(16)17/h5-7,18H,3-4,8-9H2,1-2H3. The average molecular weight is 270 g/mol. The van der Waals surface area contributed by atoms with Gasteiger partial charge in [0.2, 0.25) is 0 Å². The Morgan fingerprint density at radius 3 is 2.50 bits per heavy atom. The molecular weight excluding hydrogens is 252 g/mol. The largest absolute Gasteiger partial charge is 0.347 e. The van der Waals surface area contributed by atoms with Crippen LogP contribution in [0.4, 0.5) is 5.69 Å². The minimum absolute atomic E-state index is 0.00600. The minimum atomic E-state index is -0.640. The summed E-state index contributed by atoms with van der Waals surface area (Å²) < 4.78 is 1.71. The van der Waals surface area contributed by atoms with Gasteiger partial charge in [0.25, 0.3) is 5.43 Å². The number of aromatic nitrogens is 1. The van der Waals surface area contributed by atoms with Crippen LogP contribution in [0.5, 0.6) is 0 Å². The lowest BCUT2D eigenvalue weighted by Crippen LogP contribution is -2.28. The molecule has 5 nitrogen and oxygen atoms in total. The van der Waals surface area contributed by atoms with Gasteiger partial charge < -0.3 is 4.57 Å². The highest BCUT2D eigenvalue weighted by atomic mass is 32.1. The maximum Gasteiger partial charge on any atom is 0.332 e. The SMILES string of the molecule is CCC(CC)(CS)Cn1ccc(=O)c([N+](=O)[O-])c1. The molecule has 100 valence electrons. The van der Waals surface area contributed by atoms with Crippen LogP contribution < -0.4 is 5.43 Å². The van der Waals surface area contributed by atoms with Gasteiger partial charge >= 0.3 is 5.69 Å². The van der Waals surface area contributed by atoms with Gasteiger partial charge in [-0.2, -0.15) is 12.6 Å². The van der Waals surface area contributed by atoms with E-state index in [0.29, 0.717) is 12.3 Å². The van der Waals surface area contributed by atoms with Crippen molar-refractivity contribution in [3.8, 4) is 0 Å². The first kappa shape index (κ1) is 14.8. The predicted octanol–water partition coefficient (Wildman–Crippen LogP) is 2.49. The summed E-state index contributed by atoms with van der Waals surface area (Å²) in [5, 5.41) is 10.7. The zero-order valence-corrected chi connectivity index (χ0v) is 11.5. The van der Waals surface area contributed by atoms with Gasteiger partial charge in [0.1, 0.15) is 0 Å². The molecule has 0 aliphatic carbocycles. The van der Waals surface area contributed by atoms with Crippen LogP contribution in [0, 0.1) is 15.5 Å². The van der Waals surface area contributed by atoms with E-state index in [-0.39, 0.29) is 11.1 Å². The van der Waals surface area contributed by atoms with Crippen molar-refractivity contribution in [2.45, 2.75) is 33.2 Å². The number of nitrogens with zero attached hydrogens (tertiary/aromatic N) is 2. The zero-order chi connectivity index (χ0) is 13.8. The third-order valence-corrected chi connectivity index (χ3v) is 4.18. The lowest BCUT2D eigenvalue weighted by Gasteiger charge is -2.30. The van der Waals surface area contributed by atoms with E-state index in [9.17, 15) is 14.9 Å². The summed E-state index contributed by atoms with van der Waals surface area (Å²) in [5.74, 6) is 0.708. The van der Waals surface area contributed by atoms with Crippen molar-refractivity contribution in [1.29, 1.82) is 0 Å². The molecule has 0 aromatic carbocycles. The second-order valence-electron chi connectivity index (χ2n) is 4.49. The molecule has 0 aliphatic rings. The topological polar surface area (TPSA) is 65.1 Å². The third-order valence-electron chi connectivity index (χ3n) is 3.51. The quantitative estimate of drug-likeness (QED) is 0.490. The Morgan fingerprint density at radius 2 is 2.06 bits per heavy atom. The molecule has 6 heteroatoms. The summed E-state index contributed by atoms with van der Waals surface area (Å²) in [6.45, 7) is 4.79. The van der Waals surface area contributed by atoms with E-state index in [4.69, 9.17) is 0 Å². The first-order chi connectivity index (χ1) is 8.48. The lowest BCUT2D eigenvalue weighted by atomic mass is 9.84. The Hall–Kier alpha value is -1.30. The molecule has 1 rings (SSSR count). The highest BCUT2D eigenvalue weighted by Gasteiger charge is 2.25. The van der Waals surface area contributed by atoms with Crippen LogP contribution >= 0.6 is 12.6 Å². The van der Waals surface area contributed by atoms with Crippen molar-refractivity contribution in [3.63, 3.8) is 0 Å². The van der Waals surface area contributed by atoms with Gasteiger partial charge in [-0.15, -0.1) is 0 Å². The molecule has 18 heavy (non-hydrogen) atoms. The first-order valence-corrected chi connectivity index (χ1v) is 6.56. The van der Waals surface area contributed by atoms with Crippen molar-refractivity contribution < 1.29 is 4.92 Å². The average Bonchev–Trinajstić information content (AvgIpc) is 2.38. The summed E-state index contributed by atoms with van der Waals surface area (Å²) >= 11 is 4.37. The Labute approximate surface area is 111 Å². The molecule has 0 spiro atoms. The van der Waals surface area contributed by atoms with Crippen molar-refractivity contribution >= 4 is 18.3 Å². The Kier molecular flexibility index (Phi) is 4.95. The second kappa shape index (κ2) is 6.04. The molecule has 1 aromatic rings. The number of thiol groups is 1. The van der Waals surface area contributed by atoms with Crippen molar-refractivity contribution in [2.24, 2.45) is 5.41 Å². The maximum atomic E-state index is 11.3. The summed E-state index contributed by atoms with van der Waals surface area (Å²) in [7, 11) is 0. The molecule has 0 N–H and O–H groups in total. The molecule has 0 aliphatic heterocycles. The Bertz CT molecular complexity index is 472. The fourth-order valence-corrected chi connectivity index (χ4v) is 2.43. The van der Waals surface area contributed by atoms with Gasteiger partial charge in [0.15, 0.2) is 0 Å². The summed E-state index contributed by atoms with van der Waals surface area (Å²) in [5.41, 5.74) is -0.926. The Balaban J connectivity index is 3.08. The van der Waals surface area contributed by atoms with Gasteiger partial charge in [-0.3, -0.25) is 14.9 Å². The lowest BCUT2D eigenvalue weighted by molar-refractivity contribution is -0.386. The van der Waals surface area contributed by atoms with Crippen LogP contribution in [0.1, 0.15) is 26.7 Å². The molecule has 0 fully saturated rings.